The average molecular weight is 284 g/mol. The van der Waals surface area contributed by atoms with Gasteiger partial charge < -0.3 is 32.5 Å². The largest absolute Gasteiger partial charge is 0.504 e. The van der Waals surface area contributed by atoms with Crippen LogP contribution in [0, 0.1) is 0 Å². The minimum Gasteiger partial charge on any atom is -0.504 e. The summed E-state index contributed by atoms with van der Waals surface area (Å²) in [4.78, 5) is 14.1. The highest BCUT2D eigenvalue weighted by Gasteiger charge is 2.05. The van der Waals surface area contributed by atoms with Gasteiger partial charge in [0, 0.05) is 6.54 Å². The topological polar surface area (TPSA) is 168 Å². The van der Waals surface area contributed by atoms with Gasteiger partial charge in [-0.05, 0) is 37.6 Å². The van der Waals surface area contributed by atoms with Gasteiger partial charge in [0.15, 0.2) is 17.5 Å². The van der Waals surface area contributed by atoms with Crippen molar-refractivity contribution in [2.45, 2.75) is 12.8 Å². The van der Waals surface area contributed by atoms with Gasteiger partial charge in [-0.3, -0.25) is 4.99 Å². The van der Waals surface area contributed by atoms with E-state index in [-0.39, 0.29) is 17.3 Å². The highest BCUT2D eigenvalue weighted by atomic mass is 16.4. The lowest BCUT2D eigenvalue weighted by molar-refractivity contribution is 0.0696. The molecule has 8 heteroatoms. The number of nitrogens with zero attached hydrogens (tertiary/aromatic N) is 1. The minimum atomic E-state index is -1.14. The lowest BCUT2D eigenvalue weighted by Crippen LogP contribution is -2.23. The normalized spacial score (nSPS) is 9.25. The van der Waals surface area contributed by atoms with Crippen molar-refractivity contribution in [1.82, 2.24) is 0 Å². The molecule has 1 aromatic rings. The number of phenolic OH excluding ortho intramolecular Hbond substituents is 2. The van der Waals surface area contributed by atoms with Crippen molar-refractivity contribution in [3.05, 3.63) is 23.8 Å². The molecule has 0 heterocycles. The number of hydrogen-bond acceptors (Lipinski definition) is 5. The molecule has 1 rings (SSSR count). The molecule has 20 heavy (non-hydrogen) atoms. The van der Waals surface area contributed by atoms with E-state index >= 15 is 0 Å². The predicted octanol–water partition coefficient (Wildman–Crippen LogP) is -0.205. The molecule has 9 N–H and O–H groups in total. The maximum atomic E-state index is 10.3. The summed E-state index contributed by atoms with van der Waals surface area (Å²) in [5.74, 6) is -1.73. The van der Waals surface area contributed by atoms with E-state index < -0.39 is 11.7 Å². The SMILES string of the molecule is NCCCCN=C(N)N.O=C(O)c1ccc(O)c(O)c1. The zero-order valence-electron chi connectivity index (χ0n) is 11.0. The van der Waals surface area contributed by atoms with Crippen molar-refractivity contribution < 1.29 is 20.1 Å². The standard InChI is InChI=1S/C7H6O4.C5H14N4/c8-5-2-1-4(7(10)11)3-6(5)9;6-3-1-2-4-9-5(7)8/h1-3,8-9H,(H,10,11);1-4,6H2,(H4,7,8,9). The van der Waals surface area contributed by atoms with Crippen molar-refractivity contribution >= 4 is 11.9 Å². The fourth-order valence-electron chi connectivity index (χ4n) is 1.12. The molecule has 8 nitrogen and oxygen atoms in total. The van der Waals surface area contributed by atoms with Crippen LogP contribution in [0.5, 0.6) is 11.5 Å². The number of nitrogens with two attached hydrogens (primary N) is 3. The number of aliphatic imine (C=N–C) groups is 1. The molecule has 0 aromatic heterocycles. The zero-order chi connectivity index (χ0) is 15.5. The average Bonchev–Trinajstić information content (AvgIpc) is 2.38. The molecule has 0 aliphatic heterocycles. The van der Waals surface area contributed by atoms with Crippen molar-refractivity contribution in [2.75, 3.05) is 13.1 Å². The molecular formula is C12H20N4O4. The smallest absolute Gasteiger partial charge is 0.335 e. The highest BCUT2D eigenvalue weighted by Crippen LogP contribution is 2.24. The Hall–Kier alpha value is -2.48. The number of aromatic hydroxyl groups is 2. The van der Waals surface area contributed by atoms with Crippen LogP contribution < -0.4 is 17.2 Å². The molecule has 0 unspecified atom stereocenters. The van der Waals surface area contributed by atoms with Gasteiger partial charge in [0.25, 0.3) is 0 Å². The molecule has 0 fully saturated rings. The zero-order valence-corrected chi connectivity index (χ0v) is 11.0. The Morgan fingerprint density at radius 1 is 1.15 bits per heavy atom. The number of hydrogen-bond donors (Lipinski definition) is 6. The van der Waals surface area contributed by atoms with Crippen molar-refractivity contribution in [2.24, 2.45) is 22.2 Å². The second-order valence-corrected chi connectivity index (χ2v) is 3.81. The van der Waals surface area contributed by atoms with Crippen LogP contribution in [0.25, 0.3) is 0 Å². The van der Waals surface area contributed by atoms with Crippen molar-refractivity contribution in [1.29, 1.82) is 0 Å². The van der Waals surface area contributed by atoms with Gasteiger partial charge in [-0.15, -0.1) is 0 Å². The van der Waals surface area contributed by atoms with Crippen LogP contribution in [-0.4, -0.2) is 40.3 Å². The van der Waals surface area contributed by atoms with E-state index in [9.17, 15) is 4.79 Å². The predicted molar refractivity (Wildman–Crippen MR) is 75.7 cm³/mol. The third-order valence-corrected chi connectivity index (χ3v) is 2.13. The molecule has 0 saturated heterocycles. The van der Waals surface area contributed by atoms with E-state index in [1.807, 2.05) is 0 Å². The summed E-state index contributed by atoms with van der Waals surface area (Å²) in [5, 5.41) is 26.0. The Morgan fingerprint density at radius 3 is 2.25 bits per heavy atom. The summed E-state index contributed by atoms with van der Waals surface area (Å²) >= 11 is 0. The molecule has 0 atom stereocenters. The van der Waals surface area contributed by atoms with E-state index in [0.717, 1.165) is 25.0 Å². The number of carboxylic acid groups (broad SMARTS) is 1. The summed E-state index contributed by atoms with van der Waals surface area (Å²) in [7, 11) is 0. The third-order valence-electron chi connectivity index (χ3n) is 2.13. The third kappa shape index (κ3) is 7.77. The van der Waals surface area contributed by atoms with Gasteiger partial charge in [-0.25, -0.2) is 4.79 Å². The maximum Gasteiger partial charge on any atom is 0.335 e. The molecule has 112 valence electrons. The minimum absolute atomic E-state index is 0.0553. The van der Waals surface area contributed by atoms with E-state index in [2.05, 4.69) is 4.99 Å². The Bertz CT molecular complexity index is 459. The summed E-state index contributed by atoms with van der Waals surface area (Å²) in [6.07, 6.45) is 1.95. The van der Waals surface area contributed by atoms with Crippen LogP contribution in [-0.2, 0) is 0 Å². The first kappa shape index (κ1) is 17.5. The van der Waals surface area contributed by atoms with Gasteiger partial charge in [0.1, 0.15) is 0 Å². The van der Waals surface area contributed by atoms with Crippen LogP contribution >= 0.6 is 0 Å². The number of rotatable bonds is 5. The molecule has 0 radical (unpaired) electrons. The number of guanidine groups is 1. The Labute approximate surface area is 116 Å². The first-order valence-corrected chi connectivity index (χ1v) is 5.89. The molecule has 0 aliphatic carbocycles. The summed E-state index contributed by atoms with van der Waals surface area (Å²) in [5.41, 5.74) is 15.3. The molecule has 0 spiro atoms. The number of carbonyl (C=O) groups is 1. The molecule has 1 aromatic carbocycles. The number of carboxylic acids is 1. The van der Waals surface area contributed by atoms with Gasteiger partial charge in [0.2, 0.25) is 0 Å². The Kier molecular flexibility index (Phi) is 8.28. The van der Waals surface area contributed by atoms with Crippen LogP contribution in [0.4, 0.5) is 0 Å². The second-order valence-electron chi connectivity index (χ2n) is 3.81. The highest BCUT2D eigenvalue weighted by molar-refractivity contribution is 5.88. The van der Waals surface area contributed by atoms with E-state index in [1.165, 1.54) is 6.07 Å². The fraction of sp³-hybridized carbons (Fsp3) is 0.333. The first-order valence-electron chi connectivity index (χ1n) is 5.89. The molecular weight excluding hydrogens is 264 g/mol. The number of phenols is 2. The Balaban J connectivity index is 0.000000370. The monoisotopic (exact) mass is 284 g/mol. The van der Waals surface area contributed by atoms with Crippen LogP contribution in [0.2, 0.25) is 0 Å². The van der Waals surface area contributed by atoms with E-state index in [4.69, 9.17) is 32.5 Å². The van der Waals surface area contributed by atoms with Gasteiger partial charge >= 0.3 is 5.97 Å². The van der Waals surface area contributed by atoms with Crippen LogP contribution in [0.15, 0.2) is 23.2 Å². The lowest BCUT2D eigenvalue weighted by atomic mass is 10.2. The van der Waals surface area contributed by atoms with Crippen LogP contribution in [0.3, 0.4) is 0 Å². The Morgan fingerprint density at radius 2 is 1.80 bits per heavy atom. The van der Waals surface area contributed by atoms with Crippen molar-refractivity contribution in [3.63, 3.8) is 0 Å². The maximum absolute atomic E-state index is 10.3. The van der Waals surface area contributed by atoms with Crippen molar-refractivity contribution in [3.8, 4) is 11.5 Å². The van der Waals surface area contributed by atoms with Gasteiger partial charge in [-0.2, -0.15) is 0 Å². The summed E-state index contributed by atoms with van der Waals surface area (Å²) in [6.45, 7) is 1.40. The molecule has 0 saturated carbocycles. The van der Waals surface area contributed by atoms with Gasteiger partial charge in [-0.1, -0.05) is 0 Å². The molecule has 0 aliphatic rings. The number of unbranched alkanes of at least 4 members (excludes halogenated alkanes) is 1. The number of aromatic carboxylic acids is 1. The quantitative estimate of drug-likeness (QED) is 0.188. The lowest BCUT2D eigenvalue weighted by Gasteiger charge is -1.97. The number of benzene rings is 1. The fourth-order valence-corrected chi connectivity index (χ4v) is 1.12. The molecule has 0 bridgehead atoms. The summed E-state index contributed by atoms with van der Waals surface area (Å²) in [6, 6.07) is 3.31. The molecule has 0 amide bonds. The van der Waals surface area contributed by atoms with Crippen LogP contribution in [0.1, 0.15) is 23.2 Å². The van der Waals surface area contributed by atoms with E-state index in [0.29, 0.717) is 13.1 Å². The second kappa shape index (κ2) is 9.45. The first-order chi connectivity index (χ1) is 9.38. The summed E-state index contributed by atoms with van der Waals surface area (Å²) < 4.78 is 0. The van der Waals surface area contributed by atoms with E-state index in [1.54, 1.807) is 0 Å². The van der Waals surface area contributed by atoms with Gasteiger partial charge in [0.05, 0.1) is 5.56 Å².